The molecule has 1 heterocycles. The Morgan fingerprint density at radius 1 is 1.23 bits per heavy atom. The molecule has 0 spiro atoms. The molecular weight excluding hydrogens is 358 g/mol. The highest BCUT2D eigenvalue weighted by Crippen LogP contribution is 2.19. The van der Waals surface area contributed by atoms with Gasteiger partial charge < -0.3 is 11.5 Å². The van der Waals surface area contributed by atoms with Gasteiger partial charge >= 0.3 is 11.9 Å². The number of nitrogens with zero attached hydrogens (tertiary/aromatic N) is 3. The second-order valence-electron chi connectivity index (χ2n) is 5.77. The molecule has 4 amide bonds. The van der Waals surface area contributed by atoms with Crippen LogP contribution in [0.4, 0.5) is 10.5 Å². The third-order valence-electron chi connectivity index (χ3n) is 3.79. The first-order chi connectivity index (χ1) is 12.3. The smallest absolute Gasteiger partial charge is 0.398 e. The number of benzene rings is 1. The maximum absolute atomic E-state index is 12.6. The van der Waals surface area contributed by atoms with Gasteiger partial charge in [-0.05, 0) is 31.0 Å². The topological polar surface area (TPSA) is 122 Å². The molecule has 2 rings (SSSR count). The summed E-state index contributed by atoms with van der Waals surface area (Å²) in [5, 5.41) is 0.375. The Labute approximate surface area is 156 Å². The zero-order valence-corrected chi connectivity index (χ0v) is 15.4. The van der Waals surface area contributed by atoms with Gasteiger partial charge in [0.2, 0.25) is 5.71 Å². The van der Waals surface area contributed by atoms with Crippen molar-refractivity contribution in [1.29, 1.82) is 0 Å². The Bertz CT molecular complexity index is 832. The molecule has 1 aliphatic rings. The summed E-state index contributed by atoms with van der Waals surface area (Å²) in [6, 6.07) is 3.83. The first kappa shape index (κ1) is 19.6. The highest BCUT2D eigenvalue weighted by atomic mass is 35.5. The summed E-state index contributed by atoms with van der Waals surface area (Å²) < 4.78 is 1.26. The van der Waals surface area contributed by atoms with Gasteiger partial charge in [-0.3, -0.25) is 4.79 Å². The van der Waals surface area contributed by atoms with Gasteiger partial charge in [0.05, 0.1) is 18.7 Å². The molecule has 0 radical (unpaired) electrons. The van der Waals surface area contributed by atoms with Gasteiger partial charge in [-0.25, -0.2) is 9.59 Å². The summed E-state index contributed by atoms with van der Waals surface area (Å²) in [5.41, 5.74) is 11.8. The largest absolute Gasteiger partial charge is 0.446 e. The van der Waals surface area contributed by atoms with Gasteiger partial charge in [0.25, 0.3) is 11.7 Å². The van der Waals surface area contributed by atoms with Crippen LogP contribution < -0.4 is 11.5 Å². The molecule has 1 aromatic rings. The molecule has 8 nitrogen and oxygen atoms in total. The van der Waals surface area contributed by atoms with Crippen LogP contribution in [-0.2, 0) is 4.79 Å². The van der Waals surface area contributed by atoms with E-state index >= 15 is 0 Å². The number of urea groups is 1. The molecule has 0 unspecified atom stereocenters. The van der Waals surface area contributed by atoms with E-state index < -0.39 is 17.8 Å². The molecule has 0 saturated carbocycles. The first-order valence-electron chi connectivity index (χ1n) is 8.26. The van der Waals surface area contributed by atoms with E-state index in [-0.39, 0.29) is 29.3 Å². The van der Waals surface area contributed by atoms with E-state index in [2.05, 4.69) is 4.99 Å². The summed E-state index contributed by atoms with van der Waals surface area (Å²) in [6.07, 6.45) is 1.20. The third-order valence-corrected chi connectivity index (χ3v) is 4.03. The van der Waals surface area contributed by atoms with Crippen molar-refractivity contribution in [2.45, 2.75) is 26.7 Å². The van der Waals surface area contributed by atoms with Crippen molar-refractivity contribution >= 4 is 46.7 Å². The van der Waals surface area contributed by atoms with Crippen molar-refractivity contribution in [3.63, 3.8) is 0 Å². The number of imide groups is 1. The lowest BCUT2D eigenvalue weighted by Crippen LogP contribution is -2.58. The quantitative estimate of drug-likeness (QED) is 0.596. The van der Waals surface area contributed by atoms with Crippen LogP contribution in [0.1, 0.15) is 37.0 Å². The molecule has 0 saturated heterocycles. The predicted molar refractivity (Wildman–Crippen MR) is 99.6 cm³/mol. The zero-order valence-electron chi connectivity index (χ0n) is 14.7. The third kappa shape index (κ3) is 3.75. The lowest BCUT2D eigenvalue weighted by molar-refractivity contribution is -0.436. The fraction of sp³-hybridized carbons (Fsp3) is 0.353. The number of anilines is 1. The summed E-state index contributed by atoms with van der Waals surface area (Å²) in [7, 11) is 0. The second-order valence-corrected chi connectivity index (χ2v) is 6.21. The van der Waals surface area contributed by atoms with Crippen LogP contribution in [0.15, 0.2) is 23.2 Å². The summed E-state index contributed by atoms with van der Waals surface area (Å²) in [5.74, 6) is -1.55. The van der Waals surface area contributed by atoms with Crippen LogP contribution in [0.3, 0.4) is 0 Å². The lowest BCUT2D eigenvalue weighted by atomic mass is 10.1. The number of hydrogen-bond acceptors (Lipinski definition) is 5. The molecule has 1 aliphatic heterocycles. The first-order valence-corrected chi connectivity index (χ1v) is 8.63. The Morgan fingerprint density at radius 2 is 1.92 bits per heavy atom. The molecule has 138 valence electrons. The molecular formula is C17H21ClN5O3+. The Kier molecular flexibility index (Phi) is 6.10. The number of amides is 4. The average molecular weight is 379 g/mol. The number of aliphatic imine (C=N–C) groups is 1. The van der Waals surface area contributed by atoms with Gasteiger partial charge in [0, 0.05) is 10.7 Å². The highest BCUT2D eigenvalue weighted by molar-refractivity contribution is 6.68. The number of nitrogens with two attached hydrogens (primary N) is 2. The van der Waals surface area contributed by atoms with Crippen LogP contribution in [0.5, 0.6) is 0 Å². The monoisotopic (exact) mass is 378 g/mol. The molecule has 1 aromatic carbocycles. The molecule has 0 fully saturated rings. The zero-order chi connectivity index (χ0) is 19.4. The minimum Gasteiger partial charge on any atom is -0.398 e. The van der Waals surface area contributed by atoms with Crippen molar-refractivity contribution in [2.75, 3.05) is 18.8 Å². The van der Waals surface area contributed by atoms with Gasteiger partial charge in [0.15, 0.2) is 0 Å². The number of carbonyl (C=O) groups excluding carboxylic acids is 3. The van der Waals surface area contributed by atoms with Crippen LogP contribution in [-0.4, -0.2) is 52.0 Å². The van der Waals surface area contributed by atoms with Gasteiger partial charge in [-0.2, -0.15) is 14.5 Å². The van der Waals surface area contributed by atoms with E-state index in [0.717, 1.165) is 4.90 Å². The Hall–Kier alpha value is -2.74. The molecule has 0 atom stereocenters. The number of carbonyl (C=O) groups is 3. The van der Waals surface area contributed by atoms with Crippen molar-refractivity contribution < 1.29 is 19.0 Å². The molecule has 0 aliphatic carbocycles. The Balaban J connectivity index is 2.52. The number of amidine groups is 1. The summed E-state index contributed by atoms with van der Waals surface area (Å²) in [4.78, 5) is 42.5. The minimum atomic E-state index is -0.729. The van der Waals surface area contributed by atoms with Gasteiger partial charge in [0.1, 0.15) is 0 Å². The molecule has 9 heteroatoms. The Morgan fingerprint density at radius 3 is 2.50 bits per heavy atom. The van der Waals surface area contributed by atoms with Crippen molar-refractivity contribution in [3.8, 4) is 0 Å². The lowest BCUT2D eigenvalue weighted by Gasteiger charge is -2.22. The standard InChI is InChI=1S/C17H20ClN5O3/c1-3-7-22-14(20)13(16(25)23(8-4-2)17(22)26)21-15(24)11-6-5-10(18)9-12(11)19/h5-6,9,20H,3-4,7-8H2,1-2H3,(H2,19,24)/p+1. The predicted octanol–water partition coefficient (Wildman–Crippen LogP) is 1.66. The molecule has 26 heavy (non-hydrogen) atoms. The van der Waals surface area contributed by atoms with E-state index in [1.807, 2.05) is 13.8 Å². The fourth-order valence-corrected chi connectivity index (χ4v) is 2.74. The number of nitrogen functional groups attached to an aromatic ring is 1. The van der Waals surface area contributed by atoms with Crippen LogP contribution >= 0.6 is 11.6 Å². The van der Waals surface area contributed by atoms with Crippen LogP contribution in [0, 0.1) is 0 Å². The fourth-order valence-electron chi connectivity index (χ4n) is 2.56. The summed E-state index contributed by atoms with van der Waals surface area (Å²) >= 11 is 5.83. The SMILES string of the molecule is CCCN1C(=O)C(=NC(=O)c2ccc(Cl)cc2N)C(N)=[N+](CCC)C1=O. The van der Waals surface area contributed by atoms with Gasteiger partial charge in [-0.1, -0.05) is 25.4 Å². The van der Waals surface area contributed by atoms with E-state index in [1.54, 1.807) is 0 Å². The maximum atomic E-state index is 12.6. The second kappa shape index (κ2) is 8.09. The van der Waals surface area contributed by atoms with Crippen molar-refractivity contribution in [2.24, 2.45) is 10.7 Å². The van der Waals surface area contributed by atoms with Gasteiger partial charge in [-0.15, -0.1) is 0 Å². The molecule has 0 aromatic heterocycles. The maximum Gasteiger partial charge on any atom is 0.446 e. The van der Waals surface area contributed by atoms with Crippen molar-refractivity contribution in [1.82, 2.24) is 4.90 Å². The van der Waals surface area contributed by atoms with Crippen LogP contribution in [0.25, 0.3) is 0 Å². The molecule has 4 N–H and O–H groups in total. The average Bonchev–Trinajstić information content (AvgIpc) is 2.59. The number of hydrogen-bond donors (Lipinski definition) is 2. The minimum absolute atomic E-state index is 0.100. The normalized spacial score (nSPS) is 16.6. The van der Waals surface area contributed by atoms with Crippen molar-refractivity contribution in [3.05, 3.63) is 28.8 Å². The highest BCUT2D eigenvalue weighted by Gasteiger charge is 2.43. The number of rotatable bonds is 5. The van der Waals surface area contributed by atoms with Crippen LogP contribution in [0.2, 0.25) is 5.02 Å². The van der Waals surface area contributed by atoms with E-state index in [0.29, 0.717) is 24.4 Å². The number of halogens is 1. The molecule has 0 bridgehead atoms. The van der Waals surface area contributed by atoms with E-state index in [1.165, 1.54) is 22.8 Å². The summed E-state index contributed by atoms with van der Waals surface area (Å²) in [6.45, 7) is 4.23. The van der Waals surface area contributed by atoms with E-state index in [9.17, 15) is 14.4 Å². The van der Waals surface area contributed by atoms with E-state index in [4.69, 9.17) is 23.1 Å².